The summed E-state index contributed by atoms with van der Waals surface area (Å²) in [5, 5.41) is 5.96. The zero-order valence-corrected chi connectivity index (χ0v) is 16.3. The molecule has 142 valence electrons. The van der Waals surface area contributed by atoms with Crippen molar-refractivity contribution in [1.82, 2.24) is 10.6 Å². The van der Waals surface area contributed by atoms with E-state index in [4.69, 9.17) is 21.1 Å². The van der Waals surface area contributed by atoms with E-state index in [1.54, 1.807) is 32.0 Å². The van der Waals surface area contributed by atoms with E-state index in [1.807, 2.05) is 13.8 Å². The number of amides is 2. The normalized spacial score (nSPS) is 17.0. The lowest BCUT2D eigenvalue weighted by Gasteiger charge is -2.30. The van der Waals surface area contributed by atoms with Crippen molar-refractivity contribution in [3.8, 4) is 5.75 Å². The van der Waals surface area contributed by atoms with Crippen molar-refractivity contribution in [3.05, 3.63) is 40.1 Å². The van der Waals surface area contributed by atoms with Crippen LogP contribution in [0.15, 0.2) is 29.5 Å². The zero-order valence-electron chi connectivity index (χ0n) is 15.5. The molecule has 1 aromatic carbocycles. The number of carbonyl (C=O) groups excluding carboxylic acids is 2. The number of carbonyl (C=O) groups is 2. The van der Waals surface area contributed by atoms with Crippen LogP contribution in [0.2, 0.25) is 5.02 Å². The van der Waals surface area contributed by atoms with Crippen LogP contribution in [0.5, 0.6) is 5.75 Å². The van der Waals surface area contributed by atoms with Crippen molar-refractivity contribution < 1.29 is 19.1 Å². The van der Waals surface area contributed by atoms with E-state index < -0.39 is 12.0 Å². The third-order valence-electron chi connectivity index (χ3n) is 3.81. The van der Waals surface area contributed by atoms with E-state index in [-0.39, 0.29) is 12.1 Å². The Bertz CT molecular complexity index is 715. The smallest absolute Gasteiger partial charge is 0.338 e. The molecule has 0 saturated carbocycles. The Kier molecular flexibility index (Phi) is 6.91. The average Bonchev–Trinajstić information content (AvgIpc) is 2.56. The lowest BCUT2D eigenvalue weighted by molar-refractivity contribution is -0.143. The highest BCUT2D eigenvalue weighted by molar-refractivity contribution is 6.32. The quantitative estimate of drug-likeness (QED) is 0.698. The number of halogens is 1. The largest absolute Gasteiger partial charge is 0.492 e. The first kappa shape index (κ1) is 20.1. The summed E-state index contributed by atoms with van der Waals surface area (Å²) in [6.45, 7) is 7.92. The fraction of sp³-hybridized carbons (Fsp3) is 0.474. The minimum absolute atomic E-state index is 0.264. The molecule has 1 aliphatic heterocycles. The molecule has 0 bridgehead atoms. The Morgan fingerprint density at radius 2 is 2.04 bits per heavy atom. The Balaban J connectivity index is 2.48. The van der Waals surface area contributed by atoms with Gasteiger partial charge >= 0.3 is 12.0 Å². The minimum atomic E-state index is -0.635. The number of rotatable bonds is 7. The van der Waals surface area contributed by atoms with Crippen LogP contribution < -0.4 is 15.4 Å². The van der Waals surface area contributed by atoms with Gasteiger partial charge in [0.1, 0.15) is 5.75 Å². The average molecular weight is 381 g/mol. The van der Waals surface area contributed by atoms with Crippen LogP contribution in [-0.2, 0) is 9.53 Å². The topological polar surface area (TPSA) is 76.7 Å². The third-order valence-corrected chi connectivity index (χ3v) is 4.10. The summed E-state index contributed by atoms with van der Waals surface area (Å²) in [5.41, 5.74) is 1.68. The molecule has 1 aliphatic rings. The van der Waals surface area contributed by atoms with Gasteiger partial charge in [-0.3, -0.25) is 0 Å². The van der Waals surface area contributed by atoms with Gasteiger partial charge in [0.2, 0.25) is 0 Å². The van der Waals surface area contributed by atoms with Crippen molar-refractivity contribution in [3.63, 3.8) is 0 Å². The monoisotopic (exact) mass is 380 g/mol. The molecule has 6 nitrogen and oxygen atoms in total. The second-order valence-corrected chi connectivity index (χ2v) is 6.66. The highest BCUT2D eigenvalue weighted by Gasteiger charge is 2.34. The van der Waals surface area contributed by atoms with E-state index in [0.29, 0.717) is 40.6 Å². The van der Waals surface area contributed by atoms with Crippen LogP contribution in [0.3, 0.4) is 0 Å². The van der Waals surface area contributed by atoms with Gasteiger partial charge < -0.3 is 20.1 Å². The van der Waals surface area contributed by atoms with Crippen molar-refractivity contribution in [1.29, 1.82) is 0 Å². The highest BCUT2D eigenvalue weighted by atomic mass is 35.5. The highest BCUT2D eigenvalue weighted by Crippen LogP contribution is 2.34. The fourth-order valence-corrected chi connectivity index (χ4v) is 3.05. The summed E-state index contributed by atoms with van der Waals surface area (Å²) in [6.07, 6.45) is 1.09. The Morgan fingerprint density at radius 1 is 1.31 bits per heavy atom. The van der Waals surface area contributed by atoms with E-state index in [1.165, 1.54) is 0 Å². The Hall–Kier alpha value is -2.21. The van der Waals surface area contributed by atoms with Crippen LogP contribution >= 0.6 is 11.6 Å². The molecule has 0 spiro atoms. The summed E-state index contributed by atoms with van der Waals surface area (Å²) >= 11 is 6.29. The van der Waals surface area contributed by atoms with Gasteiger partial charge in [0, 0.05) is 5.70 Å². The first-order valence-corrected chi connectivity index (χ1v) is 9.18. The number of hydrogen-bond donors (Lipinski definition) is 2. The Morgan fingerprint density at radius 3 is 2.62 bits per heavy atom. The van der Waals surface area contributed by atoms with Gasteiger partial charge in [-0.2, -0.15) is 0 Å². The predicted octanol–water partition coefficient (Wildman–Crippen LogP) is 4.10. The molecule has 2 amide bonds. The lowest BCUT2D eigenvalue weighted by atomic mass is 9.93. The van der Waals surface area contributed by atoms with Crippen molar-refractivity contribution >= 4 is 23.6 Å². The number of urea groups is 1. The summed E-state index contributed by atoms with van der Waals surface area (Å²) in [5.74, 6) is 0.105. The van der Waals surface area contributed by atoms with E-state index >= 15 is 0 Å². The molecular formula is C19H25ClN2O4. The number of nitrogens with one attached hydrogen (secondary N) is 2. The van der Waals surface area contributed by atoms with Crippen molar-refractivity contribution in [2.24, 2.45) is 0 Å². The molecule has 0 radical (unpaired) electrons. The number of hydrogen-bond acceptors (Lipinski definition) is 4. The number of esters is 1. The maximum Gasteiger partial charge on any atom is 0.338 e. The molecular weight excluding hydrogens is 356 g/mol. The Labute approximate surface area is 158 Å². The molecule has 0 aromatic heterocycles. The van der Waals surface area contributed by atoms with E-state index in [2.05, 4.69) is 10.6 Å². The van der Waals surface area contributed by atoms with E-state index in [0.717, 1.165) is 6.42 Å². The van der Waals surface area contributed by atoms with Gasteiger partial charge in [0.15, 0.2) is 0 Å². The summed E-state index contributed by atoms with van der Waals surface area (Å²) in [4.78, 5) is 24.8. The summed E-state index contributed by atoms with van der Waals surface area (Å²) in [6, 6.07) is 4.24. The van der Waals surface area contributed by atoms with Crippen LogP contribution in [0.4, 0.5) is 4.79 Å². The standard InChI is InChI=1S/C19H25ClN2O4/c1-5-7-14-16(18(23)26-11(3)4)17(22-19(24)21-14)12-8-9-15(25-6-2)13(20)10-12/h8-11,17H,5-7H2,1-4H3,(H2,21,22,24). The van der Waals surface area contributed by atoms with Gasteiger partial charge in [-0.15, -0.1) is 0 Å². The lowest BCUT2D eigenvalue weighted by Crippen LogP contribution is -2.46. The van der Waals surface area contributed by atoms with Gasteiger partial charge in [-0.05, 0) is 44.9 Å². The second-order valence-electron chi connectivity index (χ2n) is 6.25. The number of allylic oxidation sites excluding steroid dienone is 1. The van der Waals surface area contributed by atoms with E-state index in [9.17, 15) is 9.59 Å². The number of benzene rings is 1. The second kappa shape index (κ2) is 8.94. The van der Waals surface area contributed by atoms with Crippen LogP contribution in [0, 0.1) is 0 Å². The molecule has 2 N–H and O–H groups in total. The van der Waals surface area contributed by atoms with Crippen LogP contribution in [0.25, 0.3) is 0 Å². The molecule has 1 atom stereocenters. The van der Waals surface area contributed by atoms with Crippen molar-refractivity contribution in [2.45, 2.75) is 52.7 Å². The fourth-order valence-electron chi connectivity index (χ4n) is 2.80. The molecule has 0 fully saturated rings. The maximum absolute atomic E-state index is 12.7. The molecule has 1 unspecified atom stereocenters. The SMILES string of the molecule is CCCC1=C(C(=O)OC(C)C)C(c2ccc(OCC)c(Cl)c2)NC(=O)N1. The molecule has 0 aliphatic carbocycles. The van der Waals surface area contributed by atoms with Gasteiger partial charge in [0.05, 0.1) is 29.3 Å². The van der Waals surface area contributed by atoms with Gasteiger partial charge in [0.25, 0.3) is 0 Å². The van der Waals surface area contributed by atoms with Crippen LogP contribution in [-0.4, -0.2) is 24.7 Å². The van der Waals surface area contributed by atoms with Gasteiger partial charge in [-0.1, -0.05) is 31.0 Å². The molecule has 1 aromatic rings. The third kappa shape index (κ3) is 4.69. The first-order chi connectivity index (χ1) is 12.4. The number of ether oxygens (including phenoxy) is 2. The molecule has 1 heterocycles. The molecule has 7 heteroatoms. The first-order valence-electron chi connectivity index (χ1n) is 8.81. The molecule has 26 heavy (non-hydrogen) atoms. The molecule has 2 rings (SSSR count). The molecule has 0 saturated heterocycles. The minimum Gasteiger partial charge on any atom is -0.492 e. The van der Waals surface area contributed by atoms with Crippen molar-refractivity contribution in [2.75, 3.05) is 6.61 Å². The van der Waals surface area contributed by atoms with Crippen LogP contribution in [0.1, 0.15) is 52.1 Å². The predicted molar refractivity (Wildman–Crippen MR) is 100 cm³/mol. The zero-order chi connectivity index (χ0) is 19.3. The summed E-state index contributed by atoms with van der Waals surface area (Å²) in [7, 11) is 0. The summed E-state index contributed by atoms with van der Waals surface area (Å²) < 4.78 is 10.9. The van der Waals surface area contributed by atoms with Gasteiger partial charge in [-0.25, -0.2) is 9.59 Å². The maximum atomic E-state index is 12.7.